The van der Waals surface area contributed by atoms with Gasteiger partial charge in [0.15, 0.2) is 0 Å². The van der Waals surface area contributed by atoms with Crippen LogP contribution >= 0.6 is 0 Å². The Morgan fingerprint density at radius 2 is 1.95 bits per heavy atom. The average Bonchev–Trinajstić information content (AvgIpc) is 2.85. The molecule has 0 bridgehead atoms. The van der Waals surface area contributed by atoms with Crippen molar-refractivity contribution in [1.82, 2.24) is 0 Å². The number of hydrogen-bond acceptors (Lipinski definition) is 2. The summed E-state index contributed by atoms with van der Waals surface area (Å²) in [7, 11) is 0. The van der Waals surface area contributed by atoms with E-state index < -0.39 is 17.3 Å². The molecule has 19 heavy (non-hydrogen) atoms. The van der Waals surface area contributed by atoms with Gasteiger partial charge < -0.3 is 10.4 Å². The molecule has 4 nitrogen and oxygen atoms in total. The second-order valence-electron chi connectivity index (χ2n) is 5.27. The number of fused-ring (bicyclic) bond motifs is 1. The van der Waals surface area contributed by atoms with E-state index in [1.807, 2.05) is 0 Å². The lowest BCUT2D eigenvalue weighted by molar-refractivity contribution is -0.118. The minimum atomic E-state index is -1.34. The highest BCUT2D eigenvalue weighted by Gasteiger charge is 2.56. The van der Waals surface area contributed by atoms with Gasteiger partial charge in [-0.05, 0) is 42.9 Å². The quantitative estimate of drug-likeness (QED) is 0.880. The number of carboxylic acids is 1. The fourth-order valence-corrected chi connectivity index (χ4v) is 3.20. The van der Waals surface area contributed by atoms with E-state index in [9.17, 15) is 14.0 Å². The predicted octanol–water partition coefficient (Wildman–Crippen LogP) is 2.51. The second kappa shape index (κ2) is 4.33. The third-order valence-corrected chi connectivity index (χ3v) is 4.17. The van der Waals surface area contributed by atoms with Gasteiger partial charge in [0.05, 0.1) is 5.56 Å². The first-order valence-corrected chi connectivity index (χ1v) is 6.41. The normalized spacial score (nSPS) is 27.7. The van der Waals surface area contributed by atoms with Gasteiger partial charge in [-0.15, -0.1) is 0 Å². The van der Waals surface area contributed by atoms with Crippen LogP contribution in [0.4, 0.5) is 10.1 Å². The van der Waals surface area contributed by atoms with Crippen LogP contribution in [0.25, 0.3) is 0 Å². The van der Waals surface area contributed by atoms with E-state index in [2.05, 4.69) is 5.32 Å². The Morgan fingerprint density at radius 1 is 1.26 bits per heavy atom. The number of amides is 1. The Labute approximate surface area is 109 Å². The Morgan fingerprint density at radius 3 is 2.58 bits per heavy atom. The van der Waals surface area contributed by atoms with Gasteiger partial charge in [0.1, 0.15) is 5.82 Å². The third-order valence-electron chi connectivity index (χ3n) is 4.17. The molecule has 5 heteroatoms. The standard InChI is InChI=1S/C14H14FNO3/c15-11-5-4-7(6-10(11)14(18)19)16-13(17)12-8-2-1-3-9(8)12/h4-6,8-9,12H,1-3H2,(H,16,17)(H,18,19). The summed E-state index contributed by atoms with van der Waals surface area (Å²) in [5.41, 5.74) is -0.0810. The molecular weight excluding hydrogens is 249 g/mol. The van der Waals surface area contributed by atoms with Gasteiger partial charge in [0.25, 0.3) is 0 Å². The molecular formula is C14H14FNO3. The molecule has 0 saturated heterocycles. The average molecular weight is 263 g/mol. The van der Waals surface area contributed by atoms with E-state index in [0.29, 0.717) is 17.5 Å². The van der Waals surface area contributed by atoms with E-state index in [1.165, 1.54) is 12.5 Å². The second-order valence-corrected chi connectivity index (χ2v) is 5.27. The number of carbonyl (C=O) groups is 2. The number of carboxylic acid groups (broad SMARTS) is 1. The minimum Gasteiger partial charge on any atom is -0.478 e. The predicted molar refractivity (Wildman–Crippen MR) is 66.3 cm³/mol. The lowest BCUT2D eigenvalue weighted by Crippen LogP contribution is -2.17. The summed E-state index contributed by atoms with van der Waals surface area (Å²) >= 11 is 0. The molecule has 2 atom stereocenters. The maximum Gasteiger partial charge on any atom is 0.338 e. The van der Waals surface area contributed by atoms with Crippen molar-refractivity contribution in [1.29, 1.82) is 0 Å². The van der Waals surface area contributed by atoms with Gasteiger partial charge in [-0.1, -0.05) is 6.42 Å². The van der Waals surface area contributed by atoms with Crippen molar-refractivity contribution in [2.24, 2.45) is 17.8 Å². The van der Waals surface area contributed by atoms with Crippen LogP contribution in [0.15, 0.2) is 18.2 Å². The molecule has 2 N–H and O–H groups in total. The molecule has 1 aromatic carbocycles. The van der Waals surface area contributed by atoms with Crippen LogP contribution in [0.1, 0.15) is 29.6 Å². The first-order chi connectivity index (χ1) is 9.08. The number of anilines is 1. The van der Waals surface area contributed by atoms with Crippen molar-refractivity contribution in [3.63, 3.8) is 0 Å². The summed E-state index contributed by atoms with van der Waals surface area (Å²) in [6, 6.07) is 3.61. The van der Waals surface area contributed by atoms with Gasteiger partial charge in [0, 0.05) is 11.6 Å². The molecule has 100 valence electrons. The number of rotatable bonds is 3. The molecule has 0 aromatic heterocycles. The molecule has 2 fully saturated rings. The van der Waals surface area contributed by atoms with E-state index in [4.69, 9.17) is 5.11 Å². The number of aromatic carboxylic acids is 1. The van der Waals surface area contributed by atoms with Gasteiger partial charge >= 0.3 is 5.97 Å². The Hall–Kier alpha value is -1.91. The summed E-state index contributed by atoms with van der Waals surface area (Å²) in [6.07, 6.45) is 3.40. The summed E-state index contributed by atoms with van der Waals surface area (Å²) in [6.45, 7) is 0. The van der Waals surface area contributed by atoms with Crippen molar-refractivity contribution in [3.8, 4) is 0 Å². The van der Waals surface area contributed by atoms with Crippen molar-refractivity contribution < 1.29 is 19.1 Å². The Balaban J connectivity index is 1.71. The number of halogens is 1. The highest BCUT2D eigenvalue weighted by Crippen LogP contribution is 2.57. The molecule has 1 aromatic rings. The zero-order chi connectivity index (χ0) is 13.6. The van der Waals surface area contributed by atoms with Crippen molar-refractivity contribution in [3.05, 3.63) is 29.6 Å². The monoisotopic (exact) mass is 263 g/mol. The first-order valence-electron chi connectivity index (χ1n) is 6.41. The Bertz CT molecular complexity index is 548. The number of nitrogens with one attached hydrogen (secondary N) is 1. The van der Waals surface area contributed by atoms with E-state index in [-0.39, 0.29) is 11.8 Å². The third kappa shape index (κ3) is 2.09. The van der Waals surface area contributed by atoms with Crippen molar-refractivity contribution >= 4 is 17.6 Å². The largest absolute Gasteiger partial charge is 0.478 e. The maximum atomic E-state index is 13.2. The van der Waals surface area contributed by atoms with Crippen molar-refractivity contribution in [2.75, 3.05) is 5.32 Å². The lowest BCUT2D eigenvalue weighted by Gasteiger charge is -2.07. The molecule has 0 spiro atoms. The van der Waals surface area contributed by atoms with E-state index in [1.54, 1.807) is 0 Å². The SMILES string of the molecule is O=C(O)c1cc(NC(=O)C2C3CCCC32)ccc1F. The molecule has 2 aliphatic carbocycles. The highest BCUT2D eigenvalue weighted by molar-refractivity contribution is 5.96. The molecule has 3 rings (SSSR count). The smallest absolute Gasteiger partial charge is 0.338 e. The molecule has 1 amide bonds. The van der Waals surface area contributed by atoms with Crippen LogP contribution < -0.4 is 5.32 Å². The fraction of sp³-hybridized carbons (Fsp3) is 0.429. The summed E-state index contributed by atoms with van der Waals surface area (Å²) in [5.74, 6) is -1.14. The van der Waals surface area contributed by atoms with Crippen LogP contribution in [0.5, 0.6) is 0 Å². The Kier molecular flexibility index (Phi) is 2.77. The number of carbonyl (C=O) groups excluding carboxylic acids is 1. The molecule has 0 heterocycles. The van der Waals surface area contributed by atoms with Crippen LogP contribution in [0.2, 0.25) is 0 Å². The molecule has 2 saturated carbocycles. The molecule has 2 unspecified atom stereocenters. The van der Waals surface area contributed by atoms with E-state index in [0.717, 1.165) is 25.0 Å². The maximum absolute atomic E-state index is 13.2. The van der Waals surface area contributed by atoms with Crippen LogP contribution in [-0.2, 0) is 4.79 Å². The topological polar surface area (TPSA) is 66.4 Å². The lowest BCUT2D eigenvalue weighted by atomic mass is 10.1. The molecule has 0 aliphatic heterocycles. The molecule has 0 radical (unpaired) electrons. The van der Waals surface area contributed by atoms with E-state index >= 15 is 0 Å². The van der Waals surface area contributed by atoms with Gasteiger partial charge in [-0.3, -0.25) is 4.79 Å². The van der Waals surface area contributed by atoms with Gasteiger partial charge in [-0.25, -0.2) is 9.18 Å². The highest BCUT2D eigenvalue weighted by atomic mass is 19.1. The van der Waals surface area contributed by atoms with Gasteiger partial charge in [0.2, 0.25) is 5.91 Å². The minimum absolute atomic E-state index is 0.0621. The summed E-state index contributed by atoms with van der Waals surface area (Å²) in [5, 5.41) is 11.5. The number of hydrogen-bond donors (Lipinski definition) is 2. The zero-order valence-electron chi connectivity index (χ0n) is 10.2. The van der Waals surface area contributed by atoms with Crippen LogP contribution in [-0.4, -0.2) is 17.0 Å². The van der Waals surface area contributed by atoms with Crippen molar-refractivity contribution in [2.45, 2.75) is 19.3 Å². The van der Waals surface area contributed by atoms with Gasteiger partial charge in [-0.2, -0.15) is 0 Å². The fourth-order valence-electron chi connectivity index (χ4n) is 3.20. The van der Waals surface area contributed by atoms with Crippen LogP contribution in [0.3, 0.4) is 0 Å². The molecule has 2 aliphatic rings. The summed E-state index contributed by atoms with van der Waals surface area (Å²) in [4.78, 5) is 22.8. The first kappa shape index (κ1) is 12.1. The zero-order valence-corrected chi connectivity index (χ0v) is 10.2. The van der Waals surface area contributed by atoms with Crippen LogP contribution in [0, 0.1) is 23.6 Å². The number of benzene rings is 1. The summed E-state index contributed by atoms with van der Waals surface area (Å²) < 4.78 is 13.2.